The Morgan fingerprint density at radius 2 is 0.684 bits per heavy atom. The first kappa shape index (κ1) is 19.9. The molecule has 0 amide bonds. The lowest BCUT2D eigenvalue weighted by atomic mass is 10.3. The Balaban J connectivity index is 4.51. The van der Waals surface area contributed by atoms with E-state index in [9.17, 15) is 0 Å². The van der Waals surface area contributed by atoms with Crippen molar-refractivity contribution < 1.29 is 0 Å². The Labute approximate surface area is 126 Å². The average molecular weight is 304 g/mol. The fraction of sp³-hybridized carbons (Fsp3) is 1.00. The molecule has 0 rings (SSSR count). The molecule has 2 heteroatoms. The van der Waals surface area contributed by atoms with E-state index in [-0.39, 0.29) is 15.8 Å². The van der Waals surface area contributed by atoms with Crippen molar-refractivity contribution in [3.05, 3.63) is 0 Å². The Bertz CT molecular complexity index is 167. The maximum atomic E-state index is 2.41. The highest BCUT2D eigenvalue weighted by atomic mass is 31.2. The van der Waals surface area contributed by atoms with Crippen LogP contribution in [0.2, 0.25) is 0 Å². The Morgan fingerprint density at radius 1 is 0.474 bits per heavy atom. The molecule has 0 unspecified atom stereocenters. The van der Waals surface area contributed by atoms with Crippen LogP contribution in [0.25, 0.3) is 0 Å². The van der Waals surface area contributed by atoms with Gasteiger partial charge in [0.2, 0.25) is 0 Å². The predicted octanol–water partition coefficient (Wildman–Crippen LogP) is 6.53. The minimum Gasteiger partial charge on any atom is -0.102 e. The van der Waals surface area contributed by atoms with Crippen LogP contribution in [0.5, 0.6) is 0 Å². The molecular weight excluding hydrogens is 266 g/mol. The van der Waals surface area contributed by atoms with Gasteiger partial charge in [0.1, 0.15) is 0 Å². The summed E-state index contributed by atoms with van der Waals surface area (Å²) in [4.78, 5) is 0. The lowest BCUT2D eigenvalue weighted by molar-refractivity contribution is 0.714. The van der Waals surface area contributed by atoms with Crippen molar-refractivity contribution in [2.75, 3.05) is 30.6 Å². The van der Waals surface area contributed by atoms with E-state index in [0.29, 0.717) is 0 Å². The quantitative estimate of drug-likeness (QED) is 0.402. The van der Waals surface area contributed by atoms with Crippen molar-refractivity contribution in [3.63, 3.8) is 0 Å². The van der Waals surface area contributed by atoms with Crippen molar-refractivity contribution in [2.45, 2.75) is 55.4 Å². The van der Waals surface area contributed by atoms with Gasteiger partial charge in [0.25, 0.3) is 0 Å². The number of hydrogen-bond donors (Lipinski definition) is 0. The lowest BCUT2D eigenvalue weighted by Gasteiger charge is -2.29. The van der Waals surface area contributed by atoms with E-state index < -0.39 is 0 Å². The molecule has 0 heterocycles. The summed E-state index contributed by atoms with van der Waals surface area (Å²) in [7, 11) is 0.577. The summed E-state index contributed by atoms with van der Waals surface area (Å²) in [5, 5.41) is 0. The summed E-state index contributed by atoms with van der Waals surface area (Å²) in [6.45, 7) is 19.2. The van der Waals surface area contributed by atoms with Gasteiger partial charge in [-0.2, -0.15) is 0 Å². The fourth-order valence-electron chi connectivity index (χ4n) is 2.73. The van der Waals surface area contributed by atoms with Crippen LogP contribution in [0, 0.1) is 23.7 Å². The topological polar surface area (TPSA) is 0 Å². The zero-order valence-electron chi connectivity index (χ0n) is 14.7. The van der Waals surface area contributed by atoms with E-state index in [1.165, 1.54) is 24.6 Å². The minimum absolute atomic E-state index is 0.289. The van der Waals surface area contributed by atoms with Gasteiger partial charge in [-0.1, -0.05) is 55.4 Å². The Hall–Kier alpha value is 0.860. The molecule has 0 fully saturated rings. The van der Waals surface area contributed by atoms with Crippen LogP contribution in [0.3, 0.4) is 0 Å². The molecule has 0 radical (unpaired) electrons. The van der Waals surface area contributed by atoms with Crippen molar-refractivity contribution in [1.29, 1.82) is 0 Å². The molecule has 0 aliphatic carbocycles. The van der Waals surface area contributed by atoms with E-state index in [2.05, 4.69) is 55.4 Å². The van der Waals surface area contributed by atoms with Crippen LogP contribution in [-0.2, 0) is 0 Å². The van der Waals surface area contributed by atoms with Crippen LogP contribution >= 0.6 is 15.8 Å². The highest BCUT2D eigenvalue weighted by Crippen LogP contribution is 2.54. The van der Waals surface area contributed by atoms with E-state index in [0.717, 1.165) is 23.7 Å². The minimum atomic E-state index is 0.289. The lowest BCUT2D eigenvalue weighted by Crippen LogP contribution is -2.09. The Morgan fingerprint density at radius 3 is 0.842 bits per heavy atom. The first-order valence-electron chi connectivity index (χ1n) is 8.15. The molecule has 0 aromatic rings. The van der Waals surface area contributed by atoms with Crippen LogP contribution in [-0.4, -0.2) is 30.6 Å². The molecule has 0 bridgehead atoms. The van der Waals surface area contributed by atoms with Gasteiger partial charge < -0.3 is 0 Å². The van der Waals surface area contributed by atoms with Crippen molar-refractivity contribution in [1.82, 2.24) is 0 Å². The first-order valence-corrected chi connectivity index (χ1v) is 11.9. The largest absolute Gasteiger partial charge is 0.102 e. The smallest absolute Gasteiger partial charge is 0.0120 e. The zero-order chi connectivity index (χ0) is 15.0. The summed E-state index contributed by atoms with van der Waals surface area (Å²) >= 11 is 0. The third kappa shape index (κ3) is 12.3. The summed E-state index contributed by atoms with van der Waals surface area (Å²) in [6.07, 6.45) is 6.01. The molecule has 116 valence electrons. The van der Waals surface area contributed by atoms with Gasteiger partial charge in [0, 0.05) is 0 Å². The molecule has 0 saturated heterocycles. The van der Waals surface area contributed by atoms with E-state index in [1.807, 2.05) is 0 Å². The van der Waals surface area contributed by atoms with Crippen LogP contribution in [0.15, 0.2) is 0 Å². The van der Waals surface area contributed by atoms with E-state index in [1.54, 1.807) is 5.90 Å². The maximum absolute atomic E-state index is 2.41. The first-order chi connectivity index (χ1) is 8.70. The molecule has 0 aliphatic heterocycles. The molecule has 0 saturated carbocycles. The SMILES string of the molecule is CC(C)CP(CC(C)C)CP(CC(C)C)CC(C)C. The van der Waals surface area contributed by atoms with Gasteiger partial charge in [0.15, 0.2) is 0 Å². The molecule has 0 N–H and O–H groups in total. The number of rotatable bonds is 10. The second-order valence-corrected chi connectivity index (χ2v) is 13.1. The molecule has 0 spiro atoms. The zero-order valence-corrected chi connectivity index (χ0v) is 16.5. The van der Waals surface area contributed by atoms with Gasteiger partial charge in [-0.25, -0.2) is 0 Å². The van der Waals surface area contributed by atoms with E-state index >= 15 is 0 Å². The highest BCUT2D eigenvalue weighted by Gasteiger charge is 2.19. The molecule has 0 nitrogen and oxygen atoms in total. The van der Waals surface area contributed by atoms with E-state index in [4.69, 9.17) is 0 Å². The van der Waals surface area contributed by atoms with Crippen molar-refractivity contribution in [2.24, 2.45) is 23.7 Å². The average Bonchev–Trinajstić information content (AvgIpc) is 2.11. The second kappa shape index (κ2) is 10.6. The number of hydrogen-bond acceptors (Lipinski definition) is 0. The third-order valence-corrected chi connectivity index (χ3v) is 11.1. The molecule has 0 aromatic heterocycles. The van der Waals surface area contributed by atoms with Crippen molar-refractivity contribution in [3.8, 4) is 0 Å². The molecule has 19 heavy (non-hydrogen) atoms. The molecule has 0 atom stereocenters. The predicted molar refractivity (Wildman–Crippen MR) is 97.5 cm³/mol. The normalized spacial score (nSPS) is 12.9. The fourth-order valence-corrected chi connectivity index (χ4v) is 11.3. The summed E-state index contributed by atoms with van der Waals surface area (Å²) in [5.41, 5.74) is 0. The summed E-state index contributed by atoms with van der Waals surface area (Å²) < 4.78 is 0. The summed E-state index contributed by atoms with van der Waals surface area (Å²) in [6, 6.07) is 0. The van der Waals surface area contributed by atoms with Gasteiger partial charge in [-0.3, -0.25) is 0 Å². The molecule has 0 aliphatic rings. The van der Waals surface area contributed by atoms with Gasteiger partial charge >= 0.3 is 0 Å². The van der Waals surface area contributed by atoms with Gasteiger partial charge in [0.05, 0.1) is 0 Å². The van der Waals surface area contributed by atoms with Gasteiger partial charge in [-0.05, 0) is 54.2 Å². The molecule has 0 aromatic carbocycles. The maximum Gasteiger partial charge on any atom is -0.0120 e. The standard InChI is InChI=1S/C17H38P2/c1-14(2)9-18(10-15(3)4)13-19(11-16(5)6)12-17(7)8/h14-17H,9-13H2,1-8H3. The summed E-state index contributed by atoms with van der Waals surface area (Å²) in [5.74, 6) is 5.15. The molecular formula is C17H38P2. The van der Waals surface area contributed by atoms with Crippen LogP contribution in [0.4, 0.5) is 0 Å². The Kier molecular flexibility index (Phi) is 11.0. The third-order valence-electron chi connectivity index (χ3n) is 2.89. The monoisotopic (exact) mass is 304 g/mol. The van der Waals surface area contributed by atoms with Crippen LogP contribution in [0.1, 0.15) is 55.4 Å². The highest BCUT2D eigenvalue weighted by molar-refractivity contribution is 7.74. The van der Waals surface area contributed by atoms with Crippen molar-refractivity contribution >= 4 is 15.8 Å². The van der Waals surface area contributed by atoms with Crippen LogP contribution < -0.4 is 0 Å². The van der Waals surface area contributed by atoms with Gasteiger partial charge in [-0.15, -0.1) is 15.8 Å². The second-order valence-electron chi connectivity index (χ2n) is 7.79.